The van der Waals surface area contributed by atoms with Crippen LogP contribution in [0.4, 0.5) is 9.18 Å². The Hall–Kier alpha value is -1.58. The van der Waals surface area contributed by atoms with Gasteiger partial charge in [0.15, 0.2) is 0 Å². The number of hydrogen-bond acceptors (Lipinski definition) is 2. The maximum absolute atomic E-state index is 12.7. The van der Waals surface area contributed by atoms with Crippen LogP contribution in [-0.4, -0.2) is 17.7 Å². The van der Waals surface area contributed by atoms with Gasteiger partial charge in [-0.25, -0.2) is 9.18 Å². The van der Waals surface area contributed by atoms with Gasteiger partial charge < -0.3 is 10.1 Å². The molecule has 0 saturated heterocycles. The van der Waals surface area contributed by atoms with E-state index in [1.807, 2.05) is 27.7 Å². The molecule has 1 aromatic rings. The van der Waals surface area contributed by atoms with E-state index in [2.05, 4.69) is 5.32 Å². The highest BCUT2D eigenvalue weighted by molar-refractivity contribution is 5.68. The second-order valence-corrected chi connectivity index (χ2v) is 5.38. The van der Waals surface area contributed by atoms with E-state index in [0.29, 0.717) is 6.42 Å². The molecule has 1 aromatic carbocycles. The van der Waals surface area contributed by atoms with Crippen LogP contribution < -0.4 is 5.32 Å². The largest absolute Gasteiger partial charge is 0.444 e. The van der Waals surface area contributed by atoms with Gasteiger partial charge in [-0.1, -0.05) is 12.1 Å². The summed E-state index contributed by atoms with van der Waals surface area (Å²) in [5.74, 6) is -0.258. The Morgan fingerprint density at radius 1 is 1.33 bits per heavy atom. The SMILES string of the molecule is C[C@@H](Cc1ccc(F)cc1)NC(=O)OC(C)(C)C. The molecule has 0 aromatic heterocycles. The summed E-state index contributed by atoms with van der Waals surface area (Å²) >= 11 is 0. The molecule has 3 nitrogen and oxygen atoms in total. The first-order chi connectivity index (χ1) is 8.26. The number of ether oxygens (including phenoxy) is 1. The molecule has 0 heterocycles. The molecule has 18 heavy (non-hydrogen) atoms. The lowest BCUT2D eigenvalue weighted by Crippen LogP contribution is -2.38. The fourth-order valence-electron chi connectivity index (χ4n) is 1.53. The Labute approximate surface area is 107 Å². The third kappa shape index (κ3) is 5.66. The quantitative estimate of drug-likeness (QED) is 0.897. The minimum absolute atomic E-state index is 0.0645. The van der Waals surface area contributed by atoms with E-state index in [1.165, 1.54) is 12.1 Å². The third-order valence-electron chi connectivity index (χ3n) is 2.22. The molecule has 100 valence electrons. The molecule has 0 aliphatic rings. The standard InChI is InChI=1S/C14H20FNO2/c1-10(16-13(17)18-14(2,3)4)9-11-5-7-12(15)8-6-11/h5-8,10H,9H2,1-4H3,(H,16,17)/t10-/m0/s1. The van der Waals surface area contributed by atoms with Crippen LogP contribution in [0.3, 0.4) is 0 Å². The molecule has 1 atom stereocenters. The van der Waals surface area contributed by atoms with Gasteiger partial charge in [0, 0.05) is 6.04 Å². The Balaban J connectivity index is 2.44. The zero-order valence-corrected chi connectivity index (χ0v) is 11.3. The lowest BCUT2D eigenvalue weighted by Gasteiger charge is -2.22. The minimum atomic E-state index is -0.500. The molecule has 1 amide bonds. The number of carbonyl (C=O) groups is 1. The van der Waals surface area contributed by atoms with Crippen molar-refractivity contribution in [2.45, 2.75) is 45.8 Å². The molecule has 0 bridgehead atoms. The summed E-state index contributed by atoms with van der Waals surface area (Å²) < 4.78 is 17.9. The first-order valence-corrected chi connectivity index (χ1v) is 6.00. The number of rotatable bonds is 3. The summed E-state index contributed by atoms with van der Waals surface area (Å²) in [5, 5.41) is 2.74. The molecular weight excluding hydrogens is 233 g/mol. The van der Waals surface area contributed by atoms with Crippen molar-refractivity contribution in [1.82, 2.24) is 5.32 Å². The molecule has 0 aliphatic carbocycles. The lowest BCUT2D eigenvalue weighted by molar-refractivity contribution is 0.0508. The number of nitrogens with one attached hydrogen (secondary N) is 1. The number of benzene rings is 1. The van der Waals surface area contributed by atoms with Crippen LogP contribution in [0.2, 0.25) is 0 Å². The maximum atomic E-state index is 12.7. The molecule has 0 unspecified atom stereocenters. The van der Waals surface area contributed by atoms with E-state index in [1.54, 1.807) is 12.1 Å². The summed E-state index contributed by atoms with van der Waals surface area (Å²) in [5.41, 5.74) is 0.472. The van der Waals surface area contributed by atoms with Gasteiger partial charge in [0.2, 0.25) is 0 Å². The Bertz CT molecular complexity index is 395. The summed E-state index contributed by atoms with van der Waals surface area (Å²) in [7, 11) is 0. The normalized spacial score (nSPS) is 12.9. The molecule has 0 spiro atoms. The van der Waals surface area contributed by atoms with Crippen molar-refractivity contribution in [2.24, 2.45) is 0 Å². The van der Waals surface area contributed by atoms with Gasteiger partial charge >= 0.3 is 6.09 Å². The van der Waals surface area contributed by atoms with E-state index in [4.69, 9.17) is 4.74 Å². The van der Waals surface area contributed by atoms with Crippen LogP contribution in [0.15, 0.2) is 24.3 Å². The second-order valence-electron chi connectivity index (χ2n) is 5.38. The van der Waals surface area contributed by atoms with Crippen LogP contribution >= 0.6 is 0 Å². The Morgan fingerprint density at radius 3 is 2.39 bits per heavy atom. The van der Waals surface area contributed by atoms with E-state index in [9.17, 15) is 9.18 Å². The lowest BCUT2D eigenvalue weighted by atomic mass is 10.1. The third-order valence-corrected chi connectivity index (χ3v) is 2.22. The number of carbonyl (C=O) groups excluding carboxylic acids is 1. The van der Waals surface area contributed by atoms with Crippen molar-refractivity contribution in [3.63, 3.8) is 0 Å². The van der Waals surface area contributed by atoms with Gasteiger partial charge in [-0.2, -0.15) is 0 Å². The zero-order valence-electron chi connectivity index (χ0n) is 11.3. The smallest absolute Gasteiger partial charge is 0.407 e. The number of amides is 1. The highest BCUT2D eigenvalue weighted by atomic mass is 19.1. The molecule has 0 fully saturated rings. The molecular formula is C14H20FNO2. The summed E-state index contributed by atoms with van der Waals surface area (Å²) in [6.45, 7) is 7.33. The minimum Gasteiger partial charge on any atom is -0.444 e. The van der Waals surface area contributed by atoms with Crippen LogP contribution in [0.25, 0.3) is 0 Å². The highest BCUT2D eigenvalue weighted by Gasteiger charge is 2.17. The molecule has 0 aliphatic heterocycles. The van der Waals surface area contributed by atoms with E-state index < -0.39 is 11.7 Å². The molecule has 1 rings (SSSR count). The Morgan fingerprint density at radius 2 is 1.89 bits per heavy atom. The van der Waals surface area contributed by atoms with Crippen LogP contribution in [-0.2, 0) is 11.2 Å². The van der Waals surface area contributed by atoms with Crippen molar-refractivity contribution in [3.05, 3.63) is 35.6 Å². The second kappa shape index (κ2) is 5.85. The monoisotopic (exact) mass is 253 g/mol. The van der Waals surface area contributed by atoms with Crippen molar-refractivity contribution in [1.29, 1.82) is 0 Å². The summed E-state index contributed by atoms with van der Waals surface area (Å²) in [6.07, 6.45) is 0.205. The summed E-state index contributed by atoms with van der Waals surface area (Å²) in [6, 6.07) is 6.18. The van der Waals surface area contributed by atoms with Gasteiger partial charge in [0.1, 0.15) is 11.4 Å². The molecule has 4 heteroatoms. The average Bonchev–Trinajstić information content (AvgIpc) is 2.18. The average molecular weight is 253 g/mol. The van der Waals surface area contributed by atoms with Crippen LogP contribution in [0.1, 0.15) is 33.3 Å². The highest BCUT2D eigenvalue weighted by Crippen LogP contribution is 2.08. The van der Waals surface area contributed by atoms with Gasteiger partial charge in [0.25, 0.3) is 0 Å². The van der Waals surface area contributed by atoms with Crippen molar-refractivity contribution in [3.8, 4) is 0 Å². The number of halogens is 1. The van der Waals surface area contributed by atoms with E-state index in [-0.39, 0.29) is 11.9 Å². The predicted octanol–water partition coefficient (Wildman–Crippen LogP) is 3.28. The number of alkyl carbamates (subject to hydrolysis) is 1. The van der Waals surface area contributed by atoms with Gasteiger partial charge in [-0.05, 0) is 51.8 Å². The van der Waals surface area contributed by atoms with Crippen molar-refractivity contribution >= 4 is 6.09 Å². The van der Waals surface area contributed by atoms with Gasteiger partial charge in [-0.3, -0.25) is 0 Å². The fraction of sp³-hybridized carbons (Fsp3) is 0.500. The summed E-state index contributed by atoms with van der Waals surface area (Å²) in [4.78, 5) is 11.5. The molecule has 1 N–H and O–H groups in total. The van der Waals surface area contributed by atoms with Crippen LogP contribution in [0, 0.1) is 5.82 Å². The predicted molar refractivity (Wildman–Crippen MR) is 68.9 cm³/mol. The zero-order chi connectivity index (χ0) is 13.8. The van der Waals surface area contributed by atoms with Crippen molar-refractivity contribution < 1.29 is 13.9 Å². The van der Waals surface area contributed by atoms with E-state index in [0.717, 1.165) is 5.56 Å². The van der Waals surface area contributed by atoms with E-state index >= 15 is 0 Å². The van der Waals surface area contributed by atoms with Gasteiger partial charge in [0.05, 0.1) is 0 Å². The molecule has 0 saturated carbocycles. The van der Waals surface area contributed by atoms with Crippen LogP contribution in [0.5, 0.6) is 0 Å². The maximum Gasteiger partial charge on any atom is 0.407 e. The van der Waals surface area contributed by atoms with Gasteiger partial charge in [-0.15, -0.1) is 0 Å². The first-order valence-electron chi connectivity index (χ1n) is 6.00. The fourth-order valence-corrected chi connectivity index (χ4v) is 1.53. The first kappa shape index (κ1) is 14.5. The molecule has 0 radical (unpaired) electrons. The topological polar surface area (TPSA) is 38.3 Å². The van der Waals surface area contributed by atoms with Crippen molar-refractivity contribution in [2.75, 3.05) is 0 Å². The Kier molecular flexibility index (Phi) is 4.70. The number of hydrogen-bond donors (Lipinski definition) is 1.